The molecule has 1 unspecified atom stereocenters. The van der Waals surface area contributed by atoms with E-state index in [1.165, 1.54) is 12.8 Å². The van der Waals surface area contributed by atoms with Crippen LogP contribution in [0.2, 0.25) is 0 Å². The van der Waals surface area contributed by atoms with Crippen molar-refractivity contribution in [3.05, 3.63) is 23.0 Å². The van der Waals surface area contributed by atoms with Crippen LogP contribution in [0.5, 0.6) is 0 Å². The molecule has 3 rings (SSSR count). The molecule has 1 aromatic rings. The Kier molecular flexibility index (Phi) is 3.51. The summed E-state index contributed by atoms with van der Waals surface area (Å²) in [5.74, 6) is -0.0728. The maximum Gasteiger partial charge on any atom is 0.256 e. The number of rotatable bonds is 2. The molecule has 0 aromatic carbocycles. The molecule has 2 fully saturated rings. The van der Waals surface area contributed by atoms with Crippen molar-refractivity contribution in [3.8, 4) is 0 Å². The summed E-state index contributed by atoms with van der Waals surface area (Å²) in [6, 6.07) is 2.14. The average molecular weight is 289 g/mol. The summed E-state index contributed by atoms with van der Waals surface area (Å²) in [4.78, 5) is 26.5. The molecule has 1 aliphatic heterocycles. The highest BCUT2D eigenvalue weighted by atomic mass is 16.2. The predicted octanol–water partition coefficient (Wildman–Crippen LogP) is 1.79. The fourth-order valence-corrected chi connectivity index (χ4v) is 3.26. The Morgan fingerprint density at radius 1 is 1.33 bits per heavy atom. The largest absolute Gasteiger partial charge is 0.354 e. The van der Waals surface area contributed by atoms with Gasteiger partial charge in [0, 0.05) is 30.5 Å². The molecule has 1 atom stereocenters. The van der Waals surface area contributed by atoms with Crippen molar-refractivity contribution < 1.29 is 9.59 Å². The van der Waals surface area contributed by atoms with Crippen LogP contribution in [0.15, 0.2) is 6.07 Å². The van der Waals surface area contributed by atoms with Gasteiger partial charge in [-0.3, -0.25) is 9.59 Å². The molecule has 0 radical (unpaired) electrons. The summed E-state index contributed by atoms with van der Waals surface area (Å²) < 4.78 is 2.27. The molecule has 0 spiro atoms. The fraction of sp³-hybridized carbons (Fsp3) is 0.625. The van der Waals surface area contributed by atoms with Gasteiger partial charge in [-0.25, -0.2) is 0 Å². The van der Waals surface area contributed by atoms with Crippen LogP contribution in [0, 0.1) is 13.8 Å². The summed E-state index contributed by atoms with van der Waals surface area (Å²) in [6.07, 6.45) is 3.21. The Morgan fingerprint density at radius 2 is 2.05 bits per heavy atom. The standard InChI is InChI=1S/C16H23N3O2/c1-10-9-14(11(2)19(10)13-5-6-13)16(21)18-8-4-7-17-15(20)12(18)3/h9,12-13H,4-8H2,1-3H3,(H,17,20). The Bertz CT molecular complexity index is 587. The molecule has 1 aromatic heterocycles. The van der Waals surface area contributed by atoms with E-state index in [4.69, 9.17) is 0 Å². The lowest BCUT2D eigenvalue weighted by Crippen LogP contribution is -2.45. The molecule has 1 aliphatic carbocycles. The zero-order valence-corrected chi connectivity index (χ0v) is 13.0. The number of hydrogen-bond acceptors (Lipinski definition) is 2. The Morgan fingerprint density at radius 3 is 2.71 bits per heavy atom. The molecule has 114 valence electrons. The van der Waals surface area contributed by atoms with Crippen LogP contribution in [-0.4, -0.2) is 40.4 Å². The van der Waals surface area contributed by atoms with E-state index in [0.717, 1.165) is 23.4 Å². The lowest BCUT2D eigenvalue weighted by Gasteiger charge is -2.25. The molecule has 1 saturated carbocycles. The number of nitrogens with zero attached hydrogens (tertiary/aromatic N) is 2. The normalized spacial score (nSPS) is 22.9. The van der Waals surface area contributed by atoms with Crippen molar-refractivity contribution in [2.45, 2.75) is 52.1 Å². The van der Waals surface area contributed by atoms with Crippen molar-refractivity contribution in [2.75, 3.05) is 13.1 Å². The summed E-state index contributed by atoms with van der Waals surface area (Å²) in [7, 11) is 0. The molecule has 21 heavy (non-hydrogen) atoms. The molecule has 2 heterocycles. The van der Waals surface area contributed by atoms with Gasteiger partial charge in [0.15, 0.2) is 0 Å². The number of aromatic nitrogens is 1. The summed E-state index contributed by atoms with van der Waals surface area (Å²) >= 11 is 0. The van der Waals surface area contributed by atoms with Crippen LogP contribution in [0.1, 0.15) is 54.0 Å². The van der Waals surface area contributed by atoms with Crippen LogP contribution >= 0.6 is 0 Å². The molecular formula is C16H23N3O2. The van der Waals surface area contributed by atoms with E-state index < -0.39 is 6.04 Å². The first-order valence-electron chi connectivity index (χ1n) is 7.78. The van der Waals surface area contributed by atoms with Gasteiger partial charge in [0.2, 0.25) is 5.91 Å². The number of hydrogen-bond donors (Lipinski definition) is 1. The monoisotopic (exact) mass is 289 g/mol. The second kappa shape index (κ2) is 5.20. The number of carbonyl (C=O) groups excluding carboxylic acids is 2. The van der Waals surface area contributed by atoms with Crippen LogP contribution in [0.4, 0.5) is 0 Å². The highest BCUT2D eigenvalue weighted by Crippen LogP contribution is 2.38. The van der Waals surface area contributed by atoms with Gasteiger partial charge in [-0.05, 0) is 46.1 Å². The number of aryl methyl sites for hydroxylation is 1. The summed E-state index contributed by atoms with van der Waals surface area (Å²) in [5.41, 5.74) is 2.93. The first-order chi connectivity index (χ1) is 10.0. The van der Waals surface area contributed by atoms with E-state index in [2.05, 4.69) is 16.8 Å². The second-order valence-corrected chi connectivity index (χ2v) is 6.21. The number of amides is 2. The van der Waals surface area contributed by atoms with Crippen molar-refractivity contribution in [3.63, 3.8) is 0 Å². The molecular weight excluding hydrogens is 266 g/mol. The Labute approximate surface area is 125 Å². The third-order valence-corrected chi connectivity index (χ3v) is 4.61. The van der Waals surface area contributed by atoms with Crippen LogP contribution in [-0.2, 0) is 4.79 Å². The minimum atomic E-state index is -0.399. The minimum absolute atomic E-state index is 0.0143. The maximum atomic E-state index is 12.9. The zero-order chi connectivity index (χ0) is 15.1. The van der Waals surface area contributed by atoms with Crippen LogP contribution in [0.3, 0.4) is 0 Å². The average Bonchev–Trinajstić information content (AvgIpc) is 3.24. The quantitative estimate of drug-likeness (QED) is 0.902. The van der Waals surface area contributed by atoms with E-state index >= 15 is 0 Å². The van der Waals surface area contributed by atoms with Gasteiger partial charge >= 0.3 is 0 Å². The molecule has 1 N–H and O–H groups in total. The molecule has 2 amide bonds. The molecule has 2 aliphatic rings. The SMILES string of the molecule is Cc1cc(C(=O)N2CCCNC(=O)C2C)c(C)n1C1CC1. The van der Waals surface area contributed by atoms with Crippen molar-refractivity contribution in [2.24, 2.45) is 0 Å². The van der Waals surface area contributed by atoms with E-state index in [-0.39, 0.29) is 11.8 Å². The Hall–Kier alpha value is -1.78. The second-order valence-electron chi connectivity index (χ2n) is 6.21. The Balaban J connectivity index is 1.90. The molecule has 0 bridgehead atoms. The van der Waals surface area contributed by atoms with Gasteiger partial charge < -0.3 is 14.8 Å². The summed E-state index contributed by atoms with van der Waals surface area (Å²) in [6.45, 7) is 7.15. The van der Waals surface area contributed by atoms with E-state index in [1.807, 2.05) is 13.0 Å². The van der Waals surface area contributed by atoms with E-state index in [1.54, 1.807) is 11.8 Å². The van der Waals surface area contributed by atoms with Gasteiger partial charge in [-0.1, -0.05) is 0 Å². The third-order valence-electron chi connectivity index (χ3n) is 4.61. The van der Waals surface area contributed by atoms with Crippen LogP contribution in [0.25, 0.3) is 0 Å². The van der Waals surface area contributed by atoms with Gasteiger partial charge in [-0.15, -0.1) is 0 Å². The lowest BCUT2D eigenvalue weighted by atomic mass is 10.1. The molecule has 5 heteroatoms. The number of nitrogens with one attached hydrogen (secondary N) is 1. The first kappa shape index (κ1) is 14.2. The van der Waals surface area contributed by atoms with Gasteiger partial charge in [0.25, 0.3) is 5.91 Å². The zero-order valence-electron chi connectivity index (χ0n) is 13.0. The topological polar surface area (TPSA) is 54.3 Å². The lowest BCUT2D eigenvalue weighted by molar-refractivity contribution is -0.124. The highest BCUT2D eigenvalue weighted by Gasteiger charge is 2.32. The van der Waals surface area contributed by atoms with E-state index in [9.17, 15) is 9.59 Å². The van der Waals surface area contributed by atoms with Crippen LogP contribution < -0.4 is 5.32 Å². The highest BCUT2D eigenvalue weighted by molar-refractivity contribution is 5.98. The third kappa shape index (κ3) is 2.45. The van der Waals surface area contributed by atoms with Crippen molar-refractivity contribution >= 4 is 11.8 Å². The first-order valence-corrected chi connectivity index (χ1v) is 7.78. The molecule has 1 saturated heterocycles. The maximum absolute atomic E-state index is 12.9. The van der Waals surface area contributed by atoms with Gasteiger partial charge in [-0.2, -0.15) is 0 Å². The van der Waals surface area contributed by atoms with Gasteiger partial charge in [0.05, 0.1) is 5.56 Å². The number of carbonyl (C=O) groups is 2. The predicted molar refractivity (Wildman–Crippen MR) is 80.3 cm³/mol. The molecule has 5 nitrogen and oxygen atoms in total. The van der Waals surface area contributed by atoms with Gasteiger partial charge in [0.1, 0.15) is 6.04 Å². The van der Waals surface area contributed by atoms with E-state index in [0.29, 0.717) is 19.1 Å². The van der Waals surface area contributed by atoms with Crippen molar-refractivity contribution in [1.29, 1.82) is 0 Å². The summed E-state index contributed by atoms with van der Waals surface area (Å²) in [5, 5.41) is 2.85. The smallest absolute Gasteiger partial charge is 0.256 e. The van der Waals surface area contributed by atoms with Crippen molar-refractivity contribution in [1.82, 2.24) is 14.8 Å². The minimum Gasteiger partial charge on any atom is -0.354 e. The fourth-order valence-electron chi connectivity index (χ4n) is 3.26.